The van der Waals surface area contributed by atoms with Crippen molar-refractivity contribution < 1.29 is 4.42 Å². The van der Waals surface area contributed by atoms with E-state index in [2.05, 4.69) is 15.3 Å². The zero-order chi connectivity index (χ0) is 15.8. The van der Waals surface area contributed by atoms with Crippen molar-refractivity contribution in [1.29, 1.82) is 0 Å². The summed E-state index contributed by atoms with van der Waals surface area (Å²) in [6.45, 7) is 1.91. The van der Waals surface area contributed by atoms with Crippen LogP contribution in [-0.4, -0.2) is 14.4 Å². The second-order valence-corrected chi connectivity index (χ2v) is 5.59. The Balaban J connectivity index is 1.87. The number of imidazole rings is 1. The van der Waals surface area contributed by atoms with Gasteiger partial charge in [0.15, 0.2) is 11.4 Å². The molecule has 0 atom stereocenters. The average Bonchev–Trinajstić information content (AvgIpc) is 3.14. The highest BCUT2D eigenvalue weighted by atomic mass is 35.5. The minimum atomic E-state index is 0.694. The molecule has 0 fully saturated rings. The Morgan fingerprint density at radius 3 is 2.70 bits per heavy atom. The van der Waals surface area contributed by atoms with Crippen LogP contribution in [0.2, 0.25) is 5.02 Å². The summed E-state index contributed by atoms with van der Waals surface area (Å²) < 4.78 is 7.68. The van der Waals surface area contributed by atoms with Gasteiger partial charge in [-0.25, -0.2) is 4.98 Å². The minimum absolute atomic E-state index is 0.694. The van der Waals surface area contributed by atoms with Crippen LogP contribution in [0, 0.1) is 6.92 Å². The van der Waals surface area contributed by atoms with Gasteiger partial charge in [0, 0.05) is 23.1 Å². The molecule has 4 aromatic rings. The summed E-state index contributed by atoms with van der Waals surface area (Å²) in [5.74, 6) is 2.37. The maximum Gasteiger partial charge on any atom is 0.157 e. The first-order valence-corrected chi connectivity index (χ1v) is 7.50. The van der Waals surface area contributed by atoms with Crippen molar-refractivity contribution in [1.82, 2.24) is 14.4 Å². The molecule has 0 saturated heterocycles. The van der Waals surface area contributed by atoms with Crippen molar-refractivity contribution in [3.63, 3.8) is 0 Å². The van der Waals surface area contributed by atoms with E-state index in [4.69, 9.17) is 16.0 Å². The van der Waals surface area contributed by atoms with Crippen LogP contribution >= 0.6 is 11.6 Å². The van der Waals surface area contributed by atoms with Gasteiger partial charge in [0.1, 0.15) is 17.3 Å². The van der Waals surface area contributed by atoms with Crippen molar-refractivity contribution in [2.24, 2.45) is 0 Å². The van der Waals surface area contributed by atoms with Gasteiger partial charge in [-0.1, -0.05) is 11.6 Å². The number of anilines is 2. The van der Waals surface area contributed by atoms with E-state index < -0.39 is 0 Å². The smallest absolute Gasteiger partial charge is 0.157 e. The number of benzene rings is 1. The quantitative estimate of drug-likeness (QED) is 0.593. The predicted octanol–water partition coefficient (Wildman–Crippen LogP) is 4.69. The number of fused-ring (bicyclic) bond motifs is 1. The molecule has 0 aliphatic carbocycles. The summed E-state index contributed by atoms with van der Waals surface area (Å²) in [7, 11) is 0. The number of rotatable bonds is 3. The first-order chi connectivity index (χ1) is 11.2. The number of hydrogen-bond donors (Lipinski definition) is 1. The van der Waals surface area contributed by atoms with Crippen molar-refractivity contribution in [3.05, 3.63) is 65.8 Å². The topological polar surface area (TPSA) is 55.4 Å². The van der Waals surface area contributed by atoms with E-state index in [1.165, 1.54) is 0 Å². The normalized spacial score (nSPS) is 11.0. The molecule has 0 unspecified atom stereocenters. The van der Waals surface area contributed by atoms with Gasteiger partial charge in [0.2, 0.25) is 0 Å². The van der Waals surface area contributed by atoms with Crippen LogP contribution in [0.25, 0.3) is 17.1 Å². The second-order valence-electron chi connectivity index (χ2n) is 5.16. The summed E-state index contributed by atoms with van der Waals surface area (Å²) in [6, 6.07) is 11.3. The van der Waals surface area contributed by atoms with Crippen LogP contribution in [0.5, 0.6) is 0 Å². The molecular weight excluding hydrogens is 312 g/mol. The number of furan rings is 1. The molecule has 0 saturated carbocycles. The van der Waals surface area contributed by atoms with Gasteiger partial charge in [-0.2, -0.15) is 0 Å². The number of hydrogen-bond acceptors (Lipinski definition) is 4. The van der Waals surface area contributed by atoms with Gasteiger partial charge < -0.3 is 9.73 Å². The molecule has 3 aromatic heterocycles. The maximum absolute atomic E-state index is 5.95. The predicted molar refractivity (Wildman–Crippen MR) is 90.2 cm³/mol. The number of halogens is 1. The van der Waals surface area contributed by atoms with Gasteiger partial charge in [-0.05, 0) is 43.3 Å². The Labute approximate surface area is 137 Å². The first kappa shape index (κ1) is 13.8. The van der Waals surface area contributed by atoms with E-state index in [1.54, 1.807) is 12.4 Å². The largest absolute Gasteiger partial charge is 0.460 e. The number of aryl methyl sites for hydroxylation is 1. The average molecular weight is 325 g/mol. The van der Waals surface area contributed by atoms with Crippen molar-refractivity contribution >= 4 is 28.8 Å². The van der Waals surface area contributed by atoms with Crippen molar-refractivity contribution in [2.45, 2.75) is 6.92 Å². The van der Waals surface area contributed by atoms with E-state index in [-0.39, 0.29) is 0 Å². The molecule has 4 rings (SSSR count). The third kappa shape index (κ3) is 2.55. The Morgan fingerprint density at radius 1 is 1.13 bits per heavy atom. The van der Waals surface area contributed by atoms with Gasteiger partial charge in [0.05, 0.1) is 6.20 Å². The molecule has 114 valence electrons. The van der Waals surface area contributed by atoms with Crippen LogP contribution < -0.4 is 5.32 Å². The number of nitrogens with one attached hydrogen (secondary N) is 1. The molecule has 1 aromatic carbocycles. The Hall–Kier alpha value is -2.79. The maximum atomic E-state index is 5.95. The number of nitrogens with zero attached hydrogens (tertiary/aromatic N) is 3. The molecule has 3 heterocycles. The van der Waals surface area contributed by atoms with Crippen LogP contribution in [0.15, 0.2) is 59.4 Å². The standard InChI is InChI=1S/C17H13ClN4O/c1-11-2-7-14(23-11)16-17(20-13-5-3-12(18)4-6-13)22-9-8-19-10-15(22)21-16/h2-10,20H,1H3. The van der Waals surface area contributed by atoms with Gasteiger partial charge in [0.25, 0.3) is 0 Å². The molecule has 0 aliphatic heterocycles. The van der Waals surface area contributed by atoms with Crippen LogP contribution in [0.1, 0.15) is 5.76 Å². The van der Waals surface area contributed by atoms with E-state index in [9.17, 15) is 0 Å². The minimum Gasteiger partial charge on any atom is -0.460 e. The lowest BCUT2D eigenvalue weighted by molar-refractivity contribution is 0.547. The Kier molecular flexibility index (Phi) is 3.28. The first-order valence-electron chi connectivity index (χ1n) is 7.12. The highest BCUT2D eigenvalue weighted by Gasteiger charge is 2.17. The van der Waals surface area contributed by atoms with Gasteiger partial charge in [-0.3, -0.25) is 9.38 Å². The summed E-state index contributed by atoms with van der Waals surface area (Å²) in [6.07, 6.45) is 5.30. The van der Waals surface area contributed by atoms with Crippen LogP contribution in [0.4, 0.5) is 11.5 Å². The lowest BCUT2D eigenvalue weighted by Crippen LogP contribution is -1.96. The molecule has 23 heavy (non-hydrogen) atoms. The summed E-state index contributed by atoms with van der Waals surface area (Å²) in [5.41, 5.74) is 2.40. The molecular formula is C17H13ClN4O. The Bertz CT molecular complexity index is 972. The monoisotopic (exact) mass is 324 g/mol. The SMILES string of the molecule is Cc1ccc(-c2nc3cnccn3c2Nc2ccc(Cl)cc2)o1. The van der Waals surface area contributed by atoms with E-state index >= 15 is 0 Å². The van der Waals surface area contributed by atoms with E-state index in [0.717, 1.165) is 28.6 Å². The lowest BCUT2D eigenvalue weighted by Gasteiger charge is -2.07. The molecule has 0 aliphatic rings. The fourth-order valence-electron chi connectivity index (χ4n) is 2.43. The highest BCUT2D eigenvalue weighted by Crippen LogP contribution is 2.32. The molecule has 0 radical (unpaired) electrons. The molecule has 1 N–H and O–H groups in total. The van der Waals surface area contributed by atoms with Crippen LogP contribution in [-0.2, 0) is 0 Å². The fourth-order valence-corrected chi connectivity index (χ4v) is 2.56. The van der Waals surface area contributed by atoms with E-state index in [1.807, 2.05) is 53.9 Å². The van der Waals surface area contributed by atoms with Crippen molar-refractivity contribution in [2.75, 3.05) is 5.32 Å². The third-order valence-electron chi connectivity index (χ3n) is 3.51. The fraction of sp³-hybridized carbons (Fsp3) is 0.0588. The second kappa shape index (κ2) is 5.44. The van der Waals surface area contributed by atoms with Crippen LogP contribution in [0.3, 0.4) is 0 Å². The lowest BCUT2D eigenvalue weighted by atomic mass is 10.3. The zero-order valence-corrected chi connectivity index (χ0v) is 13.1. The molecule has 6 heteroatoms. The molecule has 0 spiro atoms. The zero-order valence-electron chi connectivity index (χ0n) is 12.3. The van der Waals surface area contributed by atoms with Gasteiger partial charge in [-0.15, -0.1) is 0 Å². The Morgan fingerprint density at radius 2 is 1.96 bits per heavy atom. The summed E-state index contributed by atoms with van der Waals surface area (Å²) in [5, 5.41) is 4.08. The van der Waals surface area contributed by atoms with Gasteiger partial charge >= 0.3 is 0 Å². The van der Waals surface area contributed by atoms with E-state index in [0.29, 0.717) is 10.8 Å². The summed E-state index contributed by atoms with van der Waals surface area (Å²) in [4.78, 5) is 8.75. The molecule has 0 amide bonds. The third-order valence-corrected chi connectivity index (χ3v) is 3.76. The molecule has 5 nitrogen and oxygen atoms in total. The highest BCUT2D eigenvalue weighted by molar-refractivity contribution is 6.30. The number of aromatic nitrogens is 3. The van der Waals surface area contributed by atoms with Crippen molar-refractivity contribution in [3.8, 4) is 11.5 Å². The summed E-state index contributed by atoms with van der Waals surface area (Å²) >= 11 is 5.95. The molecule has 0 bridgehead atoms.